The van der Waals surface area contributed by atoms with E-state index >= 15 is 0 Å². The molecule has 0 N–H and O–H groups in total. The second-order valence-corrected chi connectivity index (χ2v) is 9.38. The van der Waals surface area contributed by atoms with Crippen molar-refractivity contribution in [2.45, 2.75) is 97.6 Å². The monoisotopic (exact) mass is 423 g/mol. The van der Waals surface area contributed by atoms with E-state index in [0.717, 1.165) is 38.5 Å². The molecule has 0 aromatic rings. The second kappa shape index (κ2) is 10.6. The van der Waals surface area contributed by atoms with E-state index in [4.69, 9.17) is 19.0 Å². The van der Waals surface area contributed by atoms with Gasteiger partial charge in [-0.05, 0) is 63.2 Å². The molecule has 2 saturated carbocycles. The van der Waals surface area contributed by atoms with E-state index in [1.165, 1.54) is 6.42 Å². The van der Waals surface area contributed by atoms with Crippen molar-refractivity contribution in [1.29, 1.82) is 0 Å². The van der Waals surface area contributed by atoms with Gasteiger partial charge in [0.2, 0.25) is 6.29 Å². The summed E-state index contributed by atoms with van der Waals surface area (Å²) in [5.41, 5.74) is 0.101. The summed E-state index contributed by atoms with van der Waals surface area (Å²) in [4.78, 5) is 30.5. The standard InChI is InChI=1S/C23H37NO6/c1-5-27-22(26)21(24-30-16-8-6-7-9-16)18-13-20(25)29-23(18)28-19-12-15(4)10-11-17(19)14(2)3/h14-19,23H,5-13H2,1-4H3/b24-21-/t15-,17+,18-,19-,23-/m1/s1. The predicted octanol–water partition coefficient (Wildman–Crippen LogP) is 4.23. The fraction of sp³-hybridized carbons (Fsp3) is 0.870. The SMILES string of the molecule is CCOC(=O)/C(=N\OC1CCCC1)[C@H]1CC(=O)O[C@H]1O[C@@H]1C[C@H](C)CC[C@H]1C(C)C. The Labute approximate surface area is 179 Å². The largest absolute Gasteiger partial charge is 0.461 e. The van der Waals surface area contributed by atoms with Crippen molar-refractivity contribution in [1.82, 2.24) is 0 Å². The fourth-order valence-corrected chi connectivity index (χ4v) is 4.91. The minimum atomic E-state index is -0.829. The van der Waals surface area contributed by atoms with E-state index in [2.05, 4.69) is 25.9 Å². The highest BCUT2D eigenvalue weighted by Gasteiger charge is 2.46. The van der Waals surface area contributed by atoms with Crippen LogP contribution in [0.4, 0.5) is 0 Å². The number of hydrogen-bond donors (Lipinski definition) is 0. The van der Waals surface area contributed by atoms with E-state index in [1.807, 2.05) is 0 Å². The topological polar surface area (TPSA) is 83.4 Å². The van der Waals surface area contributed by atoms with Crippen molar-refractivity contribution < 1.29 is 28.6 Å². The van der Waals surface area contributed by atoms with Crippen molar-refractivity contribution in [3.05, 3.63) is 0 Å². The lowest BCUT2D eigenvalue weighted by molar-refractivity contribution is -0.191. The number of ether oxygens (including phenoxy) is 3. The van der Waals surface area contributed by atoms with Crippen LogP contribution in [0, 0.1) is 23.7 Å². The molecule has 0 radical (unpaired) electrons. The molecule has 0 bridgehead atoms. The molecule has 0 amide bonds. The van der Waals surface area contributed by atoms with Gasteiger partial charge in [-0.15, -0.1) is 0 Å². The van der Waals surface area contributed by atoms with Gasteiger partial charge in [0.15, 0.2) is 5.71 Å². The average molecular weight is 424 g/mol. The molecule has 0 aromatic heterocycles. The molecule has 1 saturated heterocycles. The van der Waals surface area contributed by atoms with Crippen LogP contribution in [0.15, 0.2) is 5.16 Å². The molecule has 3 rings (SSSR count). The first-order chi connectivity index (χ1) is 14.4. The van der Waals surface area contributed by atoms with Crippen LogP contribution in [0.5, 0.6) is 0 Å². The van der Waals surface area contributed by atoms with Gasteiger partial charge in [0.25, 0.3) is 0 Å². The van der Waals surface area contributed by atoms with Crippen molar-refractivity contribution in [3.63, 3.8) is 0 Å². The molecule has 7 nitrogen and oxygen atoms in total. The number of esters is 2. The minimum Gasteiger partial charge on any atom is -0.461 e. The normalized spacial score (nSPS) is 33.0. The van der Waals surface area contributed by atoms with Gasteiger partial charge in [-0.1, -0.05) is 32.3 Å². The van der Waals surface area contributed by atoms with Gasteiger partial charge in [0.1, 0.15) is 6.10 Å². The lowest BCUT2D eigenvalue weighted by atomic mass is 9.75. The Balaban J connectivity index is 1.77. The highest BCUT2D eigenvalue weighted by Crippen LogP contribution is 2.38. The Morgan fingerprint density at radius 2 is 1.93 bits per heavy atom. The summed E-state index contributed by atoms with van der Waals surface area (Å²) in [5, 5.41) is 4.18. The van der Waals surface area contributed by atoms with Crippen molar-refractivity contribution in [3.8, 4) is 0 Å². The predicted molar refractivity (Wildman–Crippen MR) is 112 cm³/mol. The molecule has 170 valence electrons. The molecule has 3 aliphatic rings. The number of oxime groups is 1. The molecule has 30 heavy (non-hydrogen) atoms. The Bertz CT molecular complexity index is 627. The van der Waals surface area contributed by atoms with Crippen LogP contribution >= 0.6 is 0 Å². The maximum absolute atomic E-state index is 12.6. The van der Waals surface area contributed by atoms with Crippen molar-refractivity contribution in [2.24, 2.45) is 28.8 Å². The first-order valence-electron chi connectivity index (χ1n) is 11.6. The van der Waals surface area contributed by atoms with Crippen LogP contribution in [-0.2, 0) is 28.6 Å². The van der Waals surface area contributed by atoms with Gasteiger partial charge in [-0.2, -0.15) is 0 Å². The van der Waals surface area contributed by atoms with Gasteiger partial charge < -0.3 is 19.0 Å². The van der Waals surface area contributed by atoms with Crippen LogP contribution < -0.4 is 0 Å². The molecule has 1 aliphatic heterocycles. The van der Waals surface area contributed by atoms with Gasteiger partial charge in [-0.3, -0.25) is 4.79 Å². The summed E-state index contributed by atoms with van der Waals surface area (Å²) in [5.74, 6) is -0.120. The zero-order valence-corrected chi connectivity index (χ0v) is 18.8. The fourth-order valence-electron chi connectivity index (χ4n) is 4.91. The summed E-state index contributed by atoms with van der Waals surface area (Å²) < 4.78 is 17.1. The molecular formula is C23H37NO6. The molecular weight excluding hydrogens is 386 g/mol. The minimum absolute atomic E-state index is 0.00801. The Morgan fingerprint density at radius 1 is 1.20 bits per heavy atom. The third-order valence-electron chi connectivity index (χ3n) is 6.67. The lowest BCUT2D eigenvalue weighted by Gasteiger charge is -2.38. The number of cyclic esters (lactones) is 1. The number of nitrogens with zero attached hydrogens (tertiary/aromatic N) is 1. The summed E-state index contributed by atoms with van der Waals surface area (Å²) in [7, 11) is 0. The first-order valence-corrected chi connectivity index (χ1v) is 11.6. The van der Waals surface area contributed by atoms with Crippen LogP contribution in [0.2, 0.25) is 0 Å². The summed E-state index contributed by atoms with van der Waals surface area (Å²) in [6, 6.07) is 0. The van der Waals surface area contributed by atoms with Crippen molar-refractivity contribution >= 4 is 17.7 Å². The zero-order valence-electron chi connectivity index (χ0n) is 18.8. The molecule has 5 atom stereocenters. The molecule has 3 fully saturated rings. The second-order valence-electron chi connectivity index (χ2n) is 9.38. The average Bonchev–Trinajstić information content (AvgIpc) is 3.32. The molecule has 7 heteroatoms. The van der Waals surface area contributed by atoms with Crippen LogP contribution in [0.3, 0.4) is 0 Å². The highest BCUT2D eigenvalue weighted by atomic mass is 16.7. The molecule has 1 heterocycles. The van der Waals surface area contributed by atoms with Crippen LogP contribution in [-0.4, -0.2) is 42.8 Å². The third-order valence-corrected chi connectivity index (χ3v) is 6.67. The molecule has 0 spiro atoms. The van der Waals surface area contributed by atoms with Crippen molar-refractivity contribution in [2.75, 3.05) is 6.61 Å². The van der Waals surface area contributed by atoms with E-state index in [9.17, 15) is 9.59 Å². The Morgan fingerprint density at radius 3 is 2.60 bits per heavy atom. The van der Waals surface area contributed by atoms with Gasteiger partial charge >= 0.3 is 11.9 Å². The van der Waals surface area contributed by atoms with Gasteiger partial charge in [0.05, 0.1) is 25.0 Å². The molecule has 2 aliphatic carbocycles. The maximum Gasteiger partial charge on any atom is 0.356 e. The van der Waals surface area contributed by atoms with E-state index in [-0.39, 0.29) is 36.9 Å². The van der Waals surface area contributed by atoms with Crippen LogP contribution in [0.25, 0.3) is 0 Å². The molecule has 0 aromatic carbocycles. The lowest BCUT2D eigenvalue weighted by Crippen LogP contribution is -2.41. The Kier molecular flexibility index (Phi) is 8.14. The van der Waals surface area contributed by atoms with E-state index < -0.39 is 18.2 Å². The highest BCUT2D eigenvalue weighted by molar-refractivity contribution is 6.37. The first kappa shape index (κ1) is 23.0. The summed E-state index contributed by atoms with van der Waals surface area (Å²) in [6.45, 7) is 8.61. The van der Waals surface area contributed by atoms with E-state index in [0.29, 0.717) is 17.8 Å². The Hall–Kier alpha value is -1.63. The molecule has 0 unspecified atom stereocenters. The smallest absolute Gasteiger partial charge is 0.356 e. The number of rotatable bonds is 8. The number of carbonyl (C=O) groups is 2. The maximum atomic E-state index is 12.6. The number of hydrogen-bond acceptors (Lipinski definition) is 7. The van der Waals surface area contributed by atoms with Gasteiger partial charge in [0, 0.05) is 0 Å². The van der Waals surface area contributed by atoms with Gasteiger partial charge in [-0.25, -0.2) is 4.79 Å². The summed E-state index contributed by atoms with van der Waals surface area (Å²) >= 11 is 0. The van der Waals surface area contributed by atoms with E-state index in [1.54, 1.807) is 6.92 Å². The quantitative estimate of drug-likeness (QED) is 0.330. The summed E-state index contributed by atoms with van der Waals surface area (Å²) in [6.07, 6.45) is 6.47. The number of carbonyl (C=O) groups excluding carboxylic acids is 2. The third kappa shape index (κ3) is 5.74. The zero-order chi connectivity index (χ0) is 21.7. The van der Waals surface area contributed by atoms with Crippen LogP contribution in [0.1, 0.15) is 79.1 Å².